The summed E-state index contributed by atoms with van der Waals surface area (Å²) in [6, 6.07) is 0. The van der Waals surface area contributed by atoms with Crippen LogP contribution in [0.1, 0.15) is 44.0 Å². The van der Waals surface area contributed by atoms with E-state index in [1.165, 1.54) is 12.8 Å². The first kappa shape index (κ1) is 13.8. The second kappa shape index (κ2) is 5.59. The molecule has 0 spiro atoms. The van der Waals surface area contributed by atoms with Crippen LogP contribution >= 0.6 is 11.6 Å². The van der Waals surface area contributed by atoms with E-state index in [1.54, 1.807) is 0 Å². The van der Waals surface area contributed by atoms with Crippen LogP contribution in [0.5, 0.6) is 0 Å². The Balaban J connectivity index is 2.08. The quantitative estimate of drug-likeness (QED) is 0.862. The lowest BCUT2D eigenvalue weighted by molar-refractivity contribution is 0.162. The van der Waals surface area contributed by atoms with Crippen LogP contribution in [0.25, 0.3) is 0 Å². The lowest BCUT2D eigenvalue weighted by Gasteiger charge is -2.28. The van der Waals surface area contributed by atoms with E-state index >= 15 is 0 Å². The summed E-state index contributed by atoms with van der Waals surface area (Å²) in [5.74, 6) is 0. The molecule has 0 unspecified atom stereocenters. The van der Waals surface area contributed by atoms with Gasteiger partial charge < -0.3 is 10.4 Å². The van der Waals surface area contributed by atoms with Gasteiger partial charge in [-0.2, -0.15) is 5.10 Å². The fraction of sp³-hybridized carbons (Fsp3) is 0.769. The average Bonchev–Trinajstić information content (AvgIpc) is 2.94. The third-order valence-corrected chi connectivity index (χ3v) is 4.43. The van der Waals surface area contributed by atoms with E-state index < -0.39 is 0 Å². The summed E-state index contributed by atoms with van der Waals surface area (Å²) in [7, 11) is 1.92. The molecule has 1 aromatic heterocycles. The molecule has 2 rings (SSSR count). The van der Waals surface area contributed by atoms with E-state index in [2.05, 4.69) is 17.3 Å². The maximum atomic E-state index is 9.57. The fourth-order valence-electron chi connectivity index (χ4n) is 2.73. The molecule has 1 saturated carbocycles. The van der Waals surface area contributed by atoms with Gasteiger partial charge in [0.1, 0.15) is 0 Å². The van der Waals surface area contributed by atoms with Crippen molar-refractivity contribution in [2.75, 3.05) is 6.61 Å². The molecule has 102 valence electrons. The molecule has 4 nitrogen and oxygen atoms in total. The summed E-state index contributed by atoms with van der Waals surface area (Å²) in [5, 5.41) is 18.2. The first-order valence-corrected chi connectivity index (χ1v) is 7.06. The van der Waals surface area contributed by atoms with E-state index in [1.807, 2.05) is 11.7 Å². The normalized spacial score (nSPS) is 18.4. The van der Waals surface area contributed by atoms with Crippen molar-refractivity contribution in [2.45, 2.75) is 51.1 Å². The van der Waals surface area contributed by atoms with Crippen molar-refractivity contribution in [1.29, 1.82) is 0 Å². The lowest BCUT2D eigenvalue weighted by atomic mass is 9.99. The minimum Gasteiger partial charge on any atom is -0.394 e. The zero-order valence-electron chi connectivity index (χ0n) is 11.2. The van der Waals surface area contributed by atoms with Crippen molar-refractivity contribution in [3.05, 3.63) is 16.4 Å². The highest BCUT2D eigenvalue weighted by Gasteiger charge is 2.32. The van der Waals surface area contributed by atoms with Crippen LogP contribution < -0.4 is 5.32 Å². The van der Waals surface area contributed by atoms with Crippen molar-refractivity contribution < 1.29 is 5.11 Å². The topological polar surface area (TPSA) is 50.1 Å². The van der Waals surface area contributed by atoms with Gasteiger partial charge in [0.25, 0.3) is 0 Å². The van der Waals surface area contributed by atoms with E-state index in [0.29, 0.717) is 6.54 Å². The Hall–Kier alpha value is -0.580. The van der Waals surface area contributed by atoms with Gasteiger partial charge in [-0.3, -0.25) is 4.68 Å². The molecule has 1 fully saturated rings. The van der Waals surface area contributed by atoms with Crippen LogP contribution in [0.2, 0.25) is 5.02 Å². The maximum Gasteiger partial charge on any atom is 0.0863 e. The van der Waals surface area contributed by atoms with Gasteiger partial charge in [0, 0.05) is 19.1 Å². The van der Waals surface area contributed by atoms with Crippen LogP contribution in [0, 0.1) is 0 Å². The number of hydrogen-bond donors (Lipinski definition) is 2. The molecule has 1 aromatic rings. The van der Waals surface area contributed by atoms with Crippen LogP contribution in [0.15, 0.2) is 0 Å². The highest BCUT2D eigenvalue weighted by Crippen LogP contribution is 2.30. The average molecular weight is 272 g/mol. The number of aliphatic hydroxyl groups excluding tert-OH is 1. The number of aromatic nitrogens is 2. The van der Waals surface area contributed by atoms with Gasteiger partial charge in [0.05, 0.1) is 23.0 Å². The molecule has 2 N–H and O–H groups in total. The van der Waals surface area contributed by atoms with Gasteiger partial charge in [0.2, 0.25) is 0 Å². The van der Waals surface area contributed by atoms with Gasteiger partial charge in [-0.1, -0.05) is 31.4 Å². The van der Waals surface area contributed by atoms with Crippen molar-refractivity contribution in [2.24, 2.45) is 7.05 Å². The van der Waals surface area contributed by atoms with E-state index in [0.717, 1.165) is 35.7 Å². The zero-order chi connectivity index (χ0) is 13.2. The Bertz CT molecular complexity index is 411. The van der Waals surface area contributed by atoms with E-state index in [9.17, 15) is 5.11 Å². The summed E-state index contributed by atoms with van der Waals surface area (Å²) in [5.41, 5.74) is 1.84. The molecule has 1 aliphatic rings. The maximum absolute atomic E-state index is 9.57. The predicted molar refractivity (Wildman–Crippen MR) is 72.7 cm³/mol. The van der Waals surface area contributed by atoms with Crippen molar-refractivity contribution in [1.82, 2.24) is 15.1 Å². The molecule has 0 aliphatic heterocycles. The molecule has 18 heavy (non-hydrogen) atoms. The number of nitrogens with zero attached hydrogens (tertiary/aromatic N) is 2. The Morgan fingerprint density at radius 1 is 1.44 bits per heavy atom. The third kappa shape index (κ3) is 2.56. The summed E-state index contributed by atoms with van der Waals surface area (Å²) >= 11 is 6.32. The Kier molecular flexibility index (Phi) is 4.30. The minimum absolute atomic E-state index is 0.111. The number of aryl methyl sites for hydroxylation is 2. The first-order valence-electron chi connectivity index (χ1n) is 6.68. The molecule has 0 atom stereocenters. The van der Waals surface area contributed by atoms with Crippen molar-refractivity contribution >= 4 is 11.6 Å². The zero-order valence-corrected chi connectivity index (χ0v) is 11.9. The molecule has 5 heteroatoms. The highest BCUT2D eigenvalue weighted by molar-refractivity contribution is 6.31. The molecular weight excluding hydrogens is 250 g/mol. The van der Waals surface area contributed by atoms with E-state index in [-0.39, 0.29) is 12.1 Å². The second-order valence-corrected chi connectivity index (χ2v) is 5.56. The fourth-order valence-corrected chi connectivity index (χ4v) is 3.09. The first-order chi connectivity index (χ1) is 8.62. The summed E-state index contributed by atoms with van der Waals surface area (Å²) in [6.07, 6.45) is 5.30. The summed E-state index contributed by atoms with van der Waals surface area (Å²) < 4.78 is 1.84. The molecule has 1 aliphatic carbocycles. The molecule has 1 heterocycles. The second-order valence-electron chi connectivity index (χ2n) is 5.18. The Morgan fingerprint density at radius 2 is 2.11 bits per heavy atom. The van der Waals surface area contributed by atoms with Crippen molar-refractivity contribution in [3.63, 3.8) is 0 Å². The number of aliphatic hydroxyl groups is 1. The van der Waals surface area contributed by atoms with Gasteiger partial charge in [0.15, 0.2) is 0 Å². The summed E-state index contributed by atoms with van der Waals surface area (Å²) in [6.45, 7) is 2.92. The summed E-state index contributed by atoms with van der Waals surface area (Å²) in [4.78, 5) is 0. The largest absolute Gasteiger partial charge is 0.394 e. The minimum atomic E-state index is -0.111. The number of halogens is 1. The van der Waals surface area contributed by atoms with Crippen LogP contribution in [-0.2, 0) is 20.0 Å². The molecule has 0 aromatic carbocycles. The number of hydrogen-bond acceptors (Lipinski definition) is 3. The standard InChI is InChI=1S/C13H22ClN3O/c1-3-10-12(14)11(17(2)16-10)8-15-13(9-18)6-4-5-7-13/h15,18H,3-9H2,1-2H3. The highest BCUT2D eigenvalue weighted by atomic mass is 35.5. The molecule has 0 radical (unpaired) electrons. The molecule has 0 amide bonds. The van der Waals surface area contributed by atoms with Crippen LogP contribution in [0.3, 0.4) is 0 Å². The van der Waals surface area contributed by atoms with Gasteiger partial charge in [-0.15, -0.1) is 0 Å². The molecular formula is C13H22ClN3O. The van der Waals surface area contributed by atoms with E-state index in [4.69, 9.17) is 11.6 Å². The Morgan fingerprint density at radius 3 is 2.61 bits per heavy atom. The lowest BCUT2D eigenvalue weighted by Crippen LogP contribution is -2.45. The van der Waals surface area contributed by atoms with Gasteiger partial charge >= 0.3 is 0 Å². The molecule has 0 saturated heterocycles. The van der Waals surface area contributed by atoms with Crippen molar-refractivity contribution in [3.8, 4) is 0 Å². The van der Waals surface area contributed by atoms with Gasteiger partial charge in [-0.25, -0.2) is 0 Å². The SMILES string of the molecule is CCc1nn(C)c(CNC2(CO)CCCC2)c1Cl. The smallest absolute Gasteiger partial charge is 0.0863 e. The van der Waals surface area contributed by atoms with Gasteiger partial charge in [-0.05, 0) is 19.3 Å². The van der Waals surface area contributed by atoms with Crippen LogP contribution in [0.4, 0.5) is 0 Å². The van der Waals surface area contributed by atoms with Crippen LogP contribution in [-0.4, -0.2) is 27.0 Å². The monoisotopic (exact) mass is 271 g/mol. The number of nitrogens with one attached hydrogen (secondary N) is 1. The Labute approximate surface area is 113 Å². The molecule has 0 bridgehead atoms. The third-order valence-electron chi connectivity index (χ3n) is 4.00. The predicted octanol–water partition coefficient (Wildman–Crippen LogP) is 2.03. The number of rotatable bonds is 5.